The van der Waals surface area contributed by atoms with Crippen LogP contribution in [0, 0.1) is 5.92 Å². The highest BCUT2D eigenvalue weighted by atomic mass is 35.5. The first-order valence-corrected chi connectivity index (χ1v) is 9.10. The number of esters is 3. The van der Waals surface area contributed by atoms with Gasteiger partial charge in [-0.3, -0.25) is 14.6 Å². The summed E-state index contributed by atoms with van der Waals surface area (Å²) in [4.78, 5) is 41.1. The molecule has 2 rings (SSSR count). The number of carbonyl (C=O) groups excluding carboxylic acids is 3. The van der Waals surface area contributed by atoms with E-state index in [-0.39, 0.29) is 24.5 Å². The second kappa shape index (κ2) is 9.50. The minimum Gasteiger partial charge on any atom is -0.468 e. The topological polar surface area (TPSA) is 91.3 Å². The van der Waals surface area contributed by atoms with Crippen molar-refractivity contribution in [1.82, 2.24) is 0 Å². The zero-order chi connectivity index (χ0) is 20.8. The molecule has 1 aliphatic rings. The highest BCUT2D eigenvalue weighted by Gasteiger charge is 2.43. The van der Waals surface area contributed by atoms with Crippen LogP contribution in [0.5, 0.6) is 0 Å². The number of carbonyl (C=O) groups is 3. The molecule has 2 unspecified atom stereocenters. The smallest absolute Gasteiger partial charge is 0.336 e. The number of methoxy groups -OCH3 is 1. The first kappa shape index (κ1) is 21.6. The van der Waals surface area contributed by atoms with Crippen LogP contribution in [0.2, 0.25) is 5.02 Å². The number of hydrogen-bond donors (Lipinski definition) is 0. The highest BCUT2D eigenvalue weighted by Crippen LogP contribution is 2.42. The van der Waals surface area contributed by atoms with Crippen LogP contribution in [0.15, 0.2) is 40.5 Å². The maximum Gasteiger partial charge on any atom is 0.336 e. The van der Waals surface area contributed by atoms with Crippen molar-refractivity contribution in [3.63, 3.8) is 0 Å². The molecule has 0 aromatic heterocycles. The Bertz CT molecular complexity index is 845. The summed E-state index contributed by atoms with van der Waals surface area (Å²) >= 11 is 6.39. The molecular weight excluding hydrogens is 386 g/mol. The molecule has 0 saturated heterocycles. The normalized spacial score (nSPS) is 19.0. The molecule has 0 fully saturated rings. The van der Waals surface area contributed by atoms with Gasteiger partial charge in [-0.1, -0.05) is 29.8 Å². The summed E-state index contributed by atoms with van der Waals surface area (Å²) in [6.45, 7) is 4.48. The van der Waals surface area contributed by atoms with E-state index in [2.05, 4.69) is 4.99 Å². The molecule has 0 bridgehead atoms. The Morgan fingerprint density at radius 2 is 1.86 bits per heavy atom. The molecule has 1 aromatic rings. The van der Waals surface area contributed by atoms with Crippen LogP contribution in [-0.4, -0.2) is 43.9 Å². The van der Waals surface area contributed by atoms with Crippen molar-refractivity contribution in [2.45, 2.75) is 26.7 Å². The average molecular weight is 408 g/mol. The van der Waals surface area contributed by atoms with Crippen molar-refractivity contribution in [3.8, 4) is 0 Å². The number of halogens is 1. The predicted molar refractivity (Wildman–Crippen MR) is 103 cm³/mol. The lowest BCUT2D eigenvalue weighted by Gasteiger charge is -2.32. The van der Waals surface area contributed by atoms with Crippen LogP contribution in [-0.2, 0) is 28.6 Å². The van der Waals surface area contributed by atoms with Gasteiger partial charge in [0.2, 0.25) is 0 Å². The Labute approximate surface area is 168 Å². The average Bonchev–Trinajstić information content (AvgIpc) is 2.65. The van der Waals surface area contributed by atoms with Crippen molar-refractivity contribution in [2.24, 2.45) is 10.9 Å². The minimum atomic E-state index is -0.870. The van der Waals surface area contributed by atoms with Gasteiger partial charge in [0.15, 0.2) is 0 Å². The Balaban J connectivity index is 2.72. The Hall–Kier alpha value is -2.67. The van der Waals surface area contributed by atoms with Crippen molar-refractivity contribution >= 4 is 35.2 Å². The van der Waals surface area contributed by atoms with E-state index in [0.717, 1.165) is 0 Å². The second-order valence-electron chi connectivity index (χ2n) is 6.11. The van der Waals surface area contributed by atoms with Gasteiger partial charge in [-0.25, -0.2) is 4.79 Å². The maximum atomic E-state index is 12.8. The maximum absolute atomic E-state index is 12.8. The van der Waals surface area contributed by atoms with Gasteiger partial charge in [0, 0.05) is 23.6 Å². The molecule has 0 N–H and O–H groups in total. The van der Waals surface area contributed by atoms with Gasteiger partial charge >= 0.3 is 17.9 Å². The van der Waals surface area contributed by atoms with Crippen molar-refractivity contribution in [1.29, 1.82) is 0 Å². The predicted octanol–water partition coefficient (Wildman–Crippen LogP) is 3.07. The van der Waals surface area contributed by atoms with E-state index in [9.17, 15) is 14.4 Å². The van der Waals surface area contributed by atoms with Crippen molar-refractivity contribution in [2.75, 3.05) is 20.3 Å². The van der Waals surface area contributed by atoms with Crippen LogP contribution >= 0.6 is 11.6 Å². The van der Waals surface area contributed by atoms with Crippen LogP contribution in [0.25, 0.3) is 0 Å². The summed E-state index contributed by atoms with van der Waals surface area (Å²) in [5.41, 5.74) is 1.32. The Morgan fingerprint density at radius 3 is 2.43 bits per heavy atom. The van der Waals surface area contributed by atoms with E-state index < -0.39 is 29.7 Å². The van der Waals surface area contributed by atoms with E-state index in [0.29, 0.717) is 16.3 Å². The molecule has 8 heteroatoms. The highest BCUT2D eigenvalue weighted by molar-refractivity contribution is 6.31. The molecule has 0 aliphatic carbocycles. The third kappa shape index (κ3) is 4.59. The summed E-state index contributed by atoms with van der Waals surface area (Å²) in [6.07, 6.45) is 0. The van der Waals surface area contributed by atoms with Crippen LogP contribution < -0.4 is 0 Å². The summed E-state index contributed by atoms with van der Waals surface area (Å²) in [7, 11) is 1.27. The third-order valence-electron chi connectivity index (χ3n) is 4.32. The number of aliphatic imine (C=N–C) groups is 1. The molecule has 0 saturated carbocycles. The summed E-state index contributed by atoms with van der Waals surface area (Å²) in [5, 5.41) is 0.379. The van der Waals surface area contributed by atoms with Gasteiger partial charge in [-0.15, -0.1) is 0 Å². The number of nitrogens with zero attached hydrogens (tertiary/aromatic N) is 1. The summed E-state index contributed by atoms with van der Waals surface area (Å²) < 4.78 is 15.2. The van der Waals surface area contributed by atoms with Gasteiger partial charge < -0.3 is 14.2 Å². The molecule has 7 nitrogen and oxygen atoms in total. The fourth-order valence-electron chi connectivity index (χ4n) is 3.16. The van der Waals surface area contributed by atoms with Gasteiger partial charge in [-0.2, -0.15) is 0 Å². The molecule has 1 aromatic carbocycles. The van der Waals surface area contributed by atoms with E-state index in [4.69, 9.17) is 25.8 Å². The van der Waals surface area contributed by atoms with Gasteiger partial charge in [-0.05, 0) is 25.5 Å². The number of benzene rings is 1. The fraction of sp³-hybridized carbons (Fsp3) is 0.400. The summed E-state index contributed by atoms with van der Waals surface area (Å²) in [5.74, 6) is -3.39. The van der Waals surface area contributed by atoms with Crippen LogP contribution in [0.3, 0.4) is 0 Å². The summed E-state index contributed by atoms with van der Waals surface area (Å²) in [6, 6.07) is 6.90. The molecular formula is C20H22ClNO6. The first-order chi connectivity index (χ1) is 13.3. The molecule has 28 heavy (non-hydrogen) atoms. The van der Waals surface area contributed by atoms with Gasteiger partial charge in [0.1, 0.15) is 12.5 Å². The SMILES string of the molecule is CCOC(=O)C1=C(COC(C)=O)N=C(C)C(C(=O)OC)C1c1ccccc1Cl. The van der Waals surface area contributed by atoms with E-state index in [1.807, 2.05) is 0 Å². The van der Waals surface area contributed by atoms with Gasteiger partial charge in [0.05, 0.1) is 25.0 Å². The number of ether oxygens (including phenoxy) is 3. The lowest BCUT2D eigenvalue weighted by atomic mass is 9.75. The molecule has 2 atom stereocenters. The second-order valence-corrected chi connectivity index (χ2v) is 6.52. The molecule has 0 spiro atoms. The quantitative estimate of drug-likeness (QED) is 0.531. The molecule has 1 heterocycles. The Morgan fingerprint density at radius 1 is 1.18 bits per heavy atom. The lowest BCUT2D eigenvalue weighted by Crippen LogP contribution is -2.37. The van der Waals surface area contributed by atoms with Crippen LogP contribution in [0.4, 0.5) is 0 Å². The standard InChI is InChI=1S/C20H22ClNO6/c1-5-27-20(25)18-15(10-28-12(3)23)22-11(2)16(19(24)26-4)17(18)13-8-6-7-9-14(13)21/h6-9,16-17H,5,10H2,1-4H3. The molecule has 0 amide bonds. The number of rotatable bonds is 6. The number of hydrogen-bond acceptors (Lipinski definition) is 7. The van der Waals surface area contributed by atoms with Crippen molar-refractivity contribution in [3.05, 3.63) is 46.1 Å². The monoisotopic (exact) mass is 407 g/mol. The zero-order valence-electron chi connectivity index (χ0n) is 16.2. The lowest BCUT2D eigenvalue weighted by molar-refractivity contribution is -0.144. The van der Waals surface area contributed by atoms with E-state index in [1.165, 1.54) is 14.0 Å². The van der Waals surface area contributed by atoms with E-state index >= 15 is 0 Å². The van der Waals surface area contributed by atoms with Gasteiger partial charge in [0.25, 0.3) is 0 Å². The zero-order valence-corrected chi connectivity index (χ0v) is 16.9. The Kier molecular flexibility index (Phi) is 7.34. The van der Waals surface area contributed by atoms with Crippen molar-refractivity contribution < 1.29 is 28.6 Å². The first-order valence-electron chi connectivity index (χ1n) is 8.72. The largest absolute Gasteiger partial charge is 0.468 e. The molecule has 150 valence electrons. The fourth-order valence-corrected chi connectivity index (χ4v) is 3.41. The minimum absolute atomic E-state index is 0.122. The third-order valence-corrected chi connectivity index (χ3v) is 4.66. The molecule has 1 aliphatic heterocycles. The molecule has 0 radical (unpaired) electrons. The van der Waals surface area contributed by atoms with Crippen LogP contribution in [0.1, 0.15) is 32.3 Å². The van der Waals surface area contributed by atoms with E-state index in [1.54, 1.807) is 38.1 Å².